The largest absolute Gasteiger partial charge is 0.365 e. The number of rotatable bonds is 5. The second-order valence-corrected chi connectivity index (χ2v) is 6.50. The van der Waals surface area contributed by atoms with Crippen LogP contribution >= 0.6 is 11.3 Å². The topological polar surface area (TPSA) is 68.3 Å². The summed E-state index contributed by atoms with van der Waals surface area (Å²) < 4.78 is 5.86. The van der Waals surface area contributed by atoms with Crippen LogP contribution in [0.1, 0.15) is 62.0 Å². The van der Waals surface area contributed by atoms with Gasteiger partial charge in [-0.05, 0) is 19.8 Å². The van der Waals surface area contributed by atoms with Crippen molar-refractivity contribution in [2.45, 2.75) is 64.6 Å². The van der Waals surface area contributed by atoms with E-state index in [0.29, 0.717) is 10.0 Å². The first kappa shape index (κ1) is 16.1. The second kappa shape index (κ2) is 7.66. The highest BCUT2D eigenvalue weighted by molar-refractivity contribution is 7.17. The maximum atomic E-state index is 12.1. The average molecular weight is 310 g/mol. The Morgan fingerprint density at radius 3 is 2.57 bits per heavy atom. The number of Topliss-reactive ketones (excluding diaryl/α,β-unsaturated/α-hetero) is 1. The van der Waals surface area contributed by atoms with Gasteiger partial charge in [-0.1, -0.05) is 37.0 Å². The highest BCUT2D eigenvalue weighted by atomic mass is 32.1. The lowest BCUT2D eigenvalue weighted by Crippen LogP contribution is -2.31. The Kier molecular flexibility index (Phi) is 5.87. The molecule has 0 aliphatic heterocycles. The number of ether oxygens (including phenoxy) is 1. The van der Waals surface area contributed by atoms with E-state index in [1.807, 2.05) is 0 Å². The van der Waals surface area contributed by atoms with Crippen LogP contribution in [0.15, 0.2) is 6.20 Å². The monoisotopic (exact) mass is 310 g/mol. The third-order valence-corrected chi connectivity index (χ3v) is 4.66. The first-order valence-electron chi connectivity index (χ1n) is 7.49. The van der Waals surface area contributed by atoms with E-state index in [1.165, 1.54) is 50.1 Å². The molecule has 2 rings (SSSR count). The Hall–Kier alpha value is -1.27. The molecule has 0 bridgehead atoms. The number of carbonyl (C=O) groups is 2. The lowest BCUT2D eigenvalue weighted by molar-refractivity contribution is -0.130. The number of nitrogens with zero attached hydrogens (tertiary/aromatic N) is 1. The number of hydrogen-bond donors (Lipinski definition) is 1. The summed E-state index contributed by atoms with van der Waals surface area (Å²) in [5.41, 5.74) is 0. The molecular formula is C15H22N2O3S. The molecule has 1 aromatic rings. The number of anilines is 1. The third kappa shape index (κ3) is 4.89. The molecule has 1 N–H and O–H groups in total. The Balaban J connectivity index is 1.84. The van der Waals surface area contributed by atoms with E-state index in [0.717, 1.165) is 12.8 Å². The van der Waals surface area contributed by atoms with Crippen molar-refractivity contribution in [3.05, 3.63) is 11.1 Å². The van der Waals surface area contributed by atoms with Gasteiger partial charge < -0.3 is 4.74 Å². The van der Waals surface area contributed by atoms with Gasteiger partial charge in [-0.15, -0.1) is 0 Å². The van der Waals surface area contributed by atoms with Gasteiger partial charge in [-0.2, -0.15) is 0 Å². The Morgan fingerprint density at radius 2 is 2.00 bits per heavy atom. The van der Waals surface area contributed by atoms with Crippen molar-refractivity contribution < 1.29 is 14.3 Å². The van der Waals surface area contributed by atoms with Crippen LogP contribution in [0.25, 0.3) is 0 Å². The lowest BCUT2D eigenvalue weighted by atomic mass is 10.1. The SMILES string of the molecule is CC(=O)c1cnc(NC(=O)[C@H](C)OC2CCCCCC2)s1. The lowest BCUT2D eigenvalue weighted by Gasteiger charge is -2.20. The fourth-order valence-electron chi connectivity index (χ4n) is 2.43. The van der Waals surface area contributed by atoms with Crippen LogP contribution in [0.3, 0.4) is 0 Å². The summed E-state index contributed by atoms with van der Waals surface area (Å²) >= 11 is 1.19. The quantitative estimate of drug-likeness (QED) is 0.668. The van der Waals surface area contributed by atoms with Crippen molar-refractivity contribution in [2.75, 3.05) is 5.32 Å². The Morgan fingerprint density at radius 1 is 1.33 bits per heavy atom. The average Bonchev–Trinajstić information content (AvgIpc) is 2.76. The number of amides is 1. The van der Waals surface area contributed by atoms with Crippen LogP contribution in [0.2, 0.25) is 0 Å². The molecule has 116 valence electrons. The van der Waals surface area contributed by atoms with Crippen molar-refractivity contribution >= 4 is 28.2 Å². The fraction of sp³-hybridized carbons (Fsp3) is 0.667. The first-order chi connectivity index (χ1) is 10.1. The predicted octanol–water partition coefficient (Wildman–Crippen LogP) is 3.41. The molecule has 6 heteroatoms. The zero-order chi connectivity index (χ0) is 15.2. The molecule has 0 unspecified atom stereocenters. The zero-order valence-electron chi connectivity index (χ0n) is 12.6. The smallest absolute Gasteiger partial charge is 0.255 e. The van der Waals surface area contributed by atoms with Crippen molar-refractivity contribution in [3.8, 4) is 0 Å². The van der Waals surface area contributed by atoms with Crippen LogP contribution in [0.5, 0.6) is 0 Å². The molecular weight excluding hydrogens is 288 g/mol. The number of carbonyl (C=O) groups excluding carboxylic acids is 2. The van der Waals surface area contributed by atoms with Crippen LogP contribution in [0.4, 0.5) is 5.13 Å². The molecule has 1 heterocycles. The molecule has 0 saturated heterocycles. The molecule has 1 amide bonds. The molecule has 0 spiro atoms. The summed E-state index contributed by atoms with van der Waals surface area (Å²) in [6, 6.07) is 0. The van der Waals surface area contributed by atoms with E-state index in [9.17, 15) is 9.59 Å². The minimum absolute atomic E-state index is 0.0456. The van der Waals surface area contributed by atoms with E-state index < -0.39 is 6.10 Å². The Labute approximate surface area is 129 Å². The summed E-state index contributed by atoms with van der Waals surface area (Å²) in [5, 5.41) is 3.16. The number of hydrogen-bond acceptors (Lipinski definition) is 5. The summed E-state index contributed by atoms with van der Waals surface area (Å²) in [7, 11) is 0. The molecule has 21 heavy (non-hydrogen) atoms. The van der Waals surface area contributed by atoms with Gasteiger partial charge in [0.1, 0.15) is 6.10 Å². The van der Waals surface area contributed by atoms with Crippen LogP contribution in [-0.2, 0) is 9.53 Å². The van der Waals surface area contributed by atoms with Crippen molar-refractivity contribution in [3.63, 3.8) is 0 Å². The van der Waals surface area contributed by atoms with Crippen LogP contribution < -0.4 is 5.32 Å². The standard InChI is InChI=1S/C15H22N2O3S/c1-10(18)13-9-16-15(21-13)17-14(19)11(2)20-12-7-5-3-4-6-8-12/h9,11-12H,3-8H2,1-2H3,(H,16,17,19)/t11-/m0/s1. The van der Waals surface area contributed by atoms with Gasteiger partial charge in [-0.3, -0.25) is 14.9 Å². The van der Waals surface area contributed by atoms with Gasteiger partial charge >= 0.3 is 0 Å². The Bertz CT molecular complexity index is 493. The number of ketones is 1. The normalized spacial score (nSPS) is 18.0. The van der Waals surface area contributed by atoms with Crippen molar-refractivity contribution in [1.29, 1.82) is 0 Å². The minimum atomic E-state index is -0.502. The number of aromatic nitrogens is 1. The first-order valence-corrected chi connectivity index (χ1v) is 8.31. The fourth-order valence-corrected chi connectivity index (χ4v) is 3.14. The van der Waals surface area contributed by atoms with Crippen molar-refractivity contribution in [2.24, 2.45) is 0 Å². The summed E-state index contributed by atoms with van der Waals surface area (Å²) in [6.07, 6.45) is 8.09. The third-order valence-electron chi connectivity index (χ3n) is 3.65. The van der Waals surface area contributed by atoms with Gasteiger partial charge in [-0.25, -0.2) is 4.98 Å². The van der Waals surface area contributed by atoms with Gasteiger partial charge in [0, 0.05) is 6.92 Å². The molecule has 1 aliphatic carbocycles. The van der Waals surface area contributed by atoms with E-state index in [-0.39, 0.29) is 17.8 Å². The molecule has 1 saturated carbocycles. The highest BCUT2D eigenvalue weighted by Crippen LogP contribution is 2.22. The highest BCUT2D eigenvalue weighted by Gasteiger charge is 2.21. The molecule has 0 aromatic carbocycles. The molecule has 1 aliphatic rings. The summed E-state index contributed by atoms with van der Waals surface area (Å²) in [6.45, 7) is 3.25. The van der Waals surface area contributed by atoms with Gasteiger partial charge in [0.2, 0.25) is 0 Å². The molecule has 1 aromatic heterocycles. The zero-order valence-corrected chi connectivity index (χ0v) is 13.4. The van der Waals surface area contributed by atoms with E-state index in [2.05, 4.69) is 10.3 Å². The predicted molar refractivity (Wildman–Crippen MR) is 82.8 cm³/mol. The van der Waals surface area contributed by atoms with Crippen LogP contribution in [-0.4, -0.2) is 28.9 Å². The molecule has 1 atom stereocenters. The van der Waals surface area contributed by atoms with E-state index in [1.54, 1.807) is 6.92 Å². The van der Waals surface area contributed by atoms with Gasteiger partial charge in [0.15, 0.2) is 10.9 Å². The maximum absolute atomic E-state index is 12.1. The maximum Gasteiger partial charge on any atom is 0.255 e. The molecule has 1 fully saturated rings. The minimum Gasteiger partial charge on any atom is -0.365 e. The van der Waals surface area contributed by atoms with Gasteiger partial charge in [0.25, 0.3) is 5.91 Å². The van der Waals surface area contributed by atoms with E-state index in [4.69, 9.17) is 4.74 Å². The number of nitrogens with one attached hydrogen (secondary N) is 1. The van der Waals surface area contributed by atoms with E-state index >= 15 is 0 Å². The van der Waals surface area contributed by atoms with Gasteiger partial charge in [0.05, 0.1) is 17.2 Å². The molecule has 0 radical (unpaired) electrons. The summed E-state index contributed by atoms with van der Waals surface area (Å²) in [5.74, 6) is -0.251. The van der Waals surface area contributed by atoms with Crippen molar-refractivity contribution in [1.82, 2.24) is 4.98 Å². The molecule has 5 nitrogen and oxygen atoms in total. The van der Waals surface area contributed by atoms with Crippen LogP contribution in [0, 0.1) is 0 Å². The second-order valence-electron chi connectivity index (χ2n) is 5.47. The number of thiazole rings is 1. The summed E-state index contributed by atoms with van der Waals surface area (Å²) in [4.78, 5) is 27.9.